The molecular weight excluding hydrogens is 346 g/mol. The molecule has 0 spiro atoms. The summed E-state index contributed by atoms with van der Waals surface area (Å²) in [5, 5.41) is 20.8. The highest BCUT2D eigenvalue weighted by Crippen LogP contribution is 2.45. The van der Waals surface area contributed by atoms with E-state index < -0.39 is 34.9 Å². The Hall–Kier alpha value is -1.77. The van der Waals surface area contributed by atoms with Crippen LogP contribution in [0.4, 0.5) is 0 Å². The molecule has 1 aromatic carbocycles. The predicted molar refractivity (Wildman–Crippen MR) is 93.3 cm³/mol. The van der Waals surface area contributed by atoms with Gasteiger partial charge in [0.25, 0.3) is 0 Å². The quantitative estimate of drug-likeness (QED) is 0.702. The number of thioether (sulfide) groups is 1. The molecule has 2 rings (SSSR count). The van der Waals surface area contributed by atoms with Crippen LogP contribution in [0.5, 0.6) is 5.75 Å². The van der Waals surface area contributed by atoms with Gasteiger partial charge in [-0.1, -0.05) is 12.1 Å². The Labute approximate surface area is 150 Å². The largest absolute Gasteiger partial charge is 0.497 e. The van der Waals surface area contributed by atoms with Crippen LogP contribution in [0.3, 0.4) is 0 Å². The van der Waals surface area contributed by atoms with Gasteiger partial charge in [0.15, 0.2) is 5.54 Å². The molecule has 1 aliphatic heterocycles. The molecule has 0 saturated carbocycles. The average Bonchev–Trinajstić information content (AvgIpc) is 2.81. The number of esters is 1. The van der Waals surface area contributed by atoms with Crippen molar-refractivity contribution in [3.05, 3.63) is 29.8 Å². The number of aliphatic hydroxyl groups excluding tert-OH is 2. The first-order valence-corrected chi connectivity index (χ1v) is 8.91. The summed E-state index contributed by atoms with van der Waals surface area (Å²) in [7, 11) is 2.71. The Morgan fingerprint density at radius 3 is 2.36 bits per heavy atom. The SMILES string of the molecule is COC(=O)[C@@]1(CO)[C@@H](O)[C@@](C)(SC)C(=O)N1Cc1ccc(OC)cc1. The van der Waals surface area contributed by atoms with E-state index in [0.29, 0.717) is 5.75 Å². The third-order valence-corrected chi connectivity index (χ3v) is 6.08. The van der Waals surface area contributed by atoms with Gasteiger partial charge in [-0.25, -0.2) is 4.79 Å². The van der Waals surface area contributed by atoms with Gasteiger partial charge in [-0.2, -0.15) is 0 Å². The molecule has 25 heavy (non-hydrogen) atoms. The Morgan fingerprint density at radius 1 is 1.32 bits per heavy atom. The normalized spacial score (nSPS) is 29.0. The summed E-state index contributed by atoms with van der Waals surface area (Å²) < 4.78 is 8.65. The zero-order chi connectivity index (χ0) is 18.8. The van der Waals surface area contributed by atoms with Gasteiger partial charge in [0.05, 0.1) is 20.8 Å². The topological polar surface area (TPSA) is 96.3 Å². The Morgan fingerprint density at radius 2 is 1.92 bits per heavy atom. The molecule has 138 valence electrons. The molecule has 1 aromatic rings. The van der Waals surface area contributed by atoms with Crippen LogP contribution < -0.4 is 4.74 Å². The van der Waals surface area contributed by atoms with E-state index in [1.54, 1.807) is 44.6 Å². The van der Waals surface area contributed by atoms with Crippen molar-refractivity contribution in [3.8, 4) is 5.75 Å². The van der Waals surface area contributed by atoms with E-state index in [-0.39, 0.29) is 6.54 Å². The summed E-state index contributed by atoms with van der Waals surface area (Å²) in [6.07, 6.45) is 0.260. The molecule has 0 unspecified atom stereocenters. The minimum atomic E-state index is -1.84. The molecule has 1 saturated heterocycles. The smallest absolute Gasteiger partial charge is 0.337 e. The van der Waals surface area contributed by atoms with Crippen molar-refractivity contribution < 1.29 is 29.3 Å². The number of rotatable bonds is 6. The highest BCUT2D eigenvalue weighted by Gasteiger charge is 2.68. The molecule has 0 aromatic heterocycles. The number of methoxy groups -OCH3 is 2. The number of nitrogens with zero attached hydrogens (tertiary/aromatic N) is 1. The van der Waals surface area contributed by atoms with Gasteiger partial charge in [-0.05, 0) is 30.9 Å². The fourth-order valence-electron chi connectivity index (χ4n) is 3.13. The van der Waals surface area contributed by atoms with Crippen LogP contribution in [0.2, 0.25) is 0 Å². The van der Waals surface area contributed by atoms with Crippen LogP contribution in [0.25, 0.3) is 0 Å². The second-order valence-corrected chi connectivity index (χ2v) is 7.28. The third-order valence-electron chi connectivity index (χ3n) is 4.83. The zero-order valence-corrected chi connectivity index (χ0v) is 15.5. The highest BCUT2D eigenvalue weighted by molar-refractivity contribution is 8.00. The van der Waals surface area contributed by atoms with Crippen LogP contribution >= 0.6 is 11.8 Å². The summed E-state index contributed by atoms with van der Waals surface area (Å²) in [4.78, 5) is 26.7. The minimum Gasteiger partial charge on any atom is -0.497 e. The fraction of sp³-hybridized carbons (Fsp3) is 0.529. The molecule has 1 amide bonds. The number of hydrogen-bond acceptors (Lipinski definition) is 7. The molecule has 1 heterocycles. The molecule has 3 atom stereocenters. The molecular formula is C17H23NO6S. The highest BCUT2D eigenvalue weighted by atomic mass is 32.2. The molecule has 2 N–H and O–H groups in total. The average molecular weight is 369 g/mol. The lowest BCUT2D eigenvalue weighted by Gasteiger charge is -2.36. The molecule has 1 aliphatic rings. The van der Waals surface area contributed by atoms with E-state index in [1.807, 2.05) is 0 Å². The molecule has 0 aliphatic carbocycles. The van der Waals surface area contributed by atoms with Crippen molar-refractivity contribution in [2.75, 3.05) is 27.1 Å². The van der Waals surface area contributed by atoms with Crippen molar-refractivity contribution in [1.82, 2.24) is 4.90 Å². The summed E-state index contributed by atoms with van der Waals surface area (Å²) in [5.41, 5.74) is -1.11. The lowest BCUT2D eigenvalue weighted by molar-refractivity contribution is -0.166. The second-order valence-electron chi connectivity index (χ2n) is 6.03. The van der Waals surface area contributed by atoms with E-state index in [1.165, 1.54) is 4.90 Å². The van der Waals surface area contributed by atoms with Crippen molar-refractivity contribution in [2.45, 2.75) is 29.9 Å². The van der Waals surface area contributed by atoms with Gasteiger partial charge in [0.1, 0.15) is 16.6 Å². The van der Waals surface area contributed by atoms with Gasteiger partial charge in [-0.3, -0.25) is 4.79 Å². The molecule has 1 fully saturated rings. The van der Waals surface area contributed by atoms with Gasteiger partial charge in [0.2, 0.25) is 5.91 Å². The monoisotopic (exact) mass is 369 g/mol. The number of ether oxygens (including phenoxy) is 2. The van der Waals surface area contributed by atoms with Crippen LogP contribution in [0, 0.1) is 0 Å². The van der Waals surface area contributed by atoms with Crippen LogP contribution in [-0.4, -0.2) is 70.5 Å². The maximum absolute atomic E-state index is 13.0. The number of amides is 1. The minimum absolute atomic E-state index is 0.0473. The van der Waals surface area contributed by atoms with E-state index >= 15 is 0 Å². The lowest BCUT2D eigenvalue weighted by atomic mass is 9.89. The number of likely N-dealkylation sites (tertiary alicyclic amines) is 1. The number of carbonyl (C=O) groups is 2. The summed E-state index contributed by atoms with van der Waals surface area (Å²) in [6.45, 7) is 0.872. The lowest BCUT2D eigenvalue weighted by Crippen LogP contribution is -2.61. The van der Waals surface area contributed by atoms with E-state index in [4.69, 9.17) is 9.47 Å². The number of aliphatic hydroxyl groups is 2. The molecule has 0 radical (unpaired) electrons. The summed E-state index contributed by atoms with van der Waals surface area (Å²) in [6, 6.07) is 6.98. The van der Waals surface area contributed by atoms with Crippen LogP contribution in [0.15, 0.2) is 24.3 Å². The van der Waals surface area contributed by atoms with Crippen molar-refractivity contribution in [1.29, 1.82) is 0 Å². The van der Waals surface area contributed by atoms with Crippen molar-refractivity contribution in [2.24, 2.45) is 0 Å². The van der Waals surface area contributed by atoms with Crippen LogP contribution in [-0.2, 0) is 20.9 Å². The second kappa shape index (κ2) is 7.23. The van der Waals surface area contributed by atoms with Gasteiger partial charge in [-0.15, -0.1) is 11.8 Å². The molecule has 7 nitrogen and oxygen atoms in total. The van der Waals surface area contributed by atoms with E-state index in [0.717, 1.165) is 24.4 Å². The number of benzene rings is 1. The Kier molecular flexibility index (Phi) is 5.65. The standard InChI is InChI=1S/C17H23NO6S/c1-16(25-4)13(20)17(10-19,15(22)24-3)18(14(16)21)9-11-5-7-12(23-2)8-6-11/h5-8,13,19-20H,9-10H2,1-4H3/t13-,16+,17+/m0/s1. The maximum Gasteiger partial charge on any atom is 0.337 e. The summed E-state index contributed by atoms with van der Waals surface area (Å²) in [5.74, 6) is -0.614. The van der Waals surface area contributed by atoms with Crippen molar-refractivity contribution in [3.63, 3.8) is 0 Å². The third kappa shape index (κ3) is 2.88. The predicted octanol–water partition coefficient (Wildman–Crippen LogP) is 0.424. The fourth-order valence-corrected chi connectivity index (χ4v) is 3.83. The number of carbonyl (C=O) groups excluding carboxylic acids is 2. The first kappa shape index (κ1) is 19.6. The number of hydrogen-bond donors (Lipinski definition) is 2. The summed E-state index contributed by atoms with van der Waals surface area (Å²) >= 11 is 1.14. The van der Waals surface area contributed by atoms with Gasteiger partial charge in [0, 0.05) is 6.54 Å². The maximum atomic E-state index is 13.0. The first-order valence-electron chi connectivity index (χ1n) is 7.69. The van der Waals surface area contributed by atoms with E-state index in [2.05, 4.69) is 0 Å². The van der Waals surface area contributed by atoms with Gasteiger partial charge < -0.3 is 24.6 Å². The van der Waals surface area contributed by atoms with Crippen molar-refractivity contribution >= 4 is 23.6 Å². The van der Waals surface area contributed by atoms with E-state index in [9.17, 15) is 19.8 Å². The zero-order valence-electron chi connectivity index (χ0n) is 14.7. The van der Waals surface area contributed by atoms with Crippen LogP contribution in [0.1, 0.15) is 12.5 Å². The Bertz CT molecular complexity index is 651. The molecule has 0 bridgehead atoms. The molecule has 8 heteroatoms. The Balaban J connectivity index is 2.49. The first-order chi connectivity index (χ1) is 11.8. The van der Waals surface area contributed by atoms with Gasteiger partial charge >= 0.3 is 5.97 Å².